The molecule has 2 aromatic rings. The van der Waals surface area contributed by atoms with Crippen molar-refractivity contribution >= 4 is 21.9 Å². The van der Waals surface area contributed by atoms with Crippen LogP contribution in [0.2, 0.25) is 0 Å². The van der Waals surface area contributed by atoms with Gasteiger partial charge in [0.1, 0.15) is 6.54 Å². The number of carbonyl (C=O) groups excluding carboxylic acids is 2. The van der Waals surface area contributed by atoms with Crippen LogP contribution in [-0.2, 0) is 26.2 Å². The number of benzene rings is 1. The molecule has 0 saturated carbocycles. The van der Waals surface area contributed by atoms with Crippen LogP contribution in [0.1, 0.15) is 35.7 Å². The molecule has 0 aliphatic carbocycles. The molecule has 0 saturated heterocycles. The summed E-state index contributed by atoms with van der Waals surface area (Å²) in [4.78, 5) is 23.9. The molecule has 1 heterocycles. The predicted octanol–water partition coefficient (Wildman–Crippen LogP) is 1.49. The Morgan fingerprint density at radius 1 is 1.18 bits per heavy atom. The van der Waals surface area contributed by atoms with Crippen LogP contribution >= 0.6 is 0 Å². The van der Waals surface area contributed by atoms with Gasteiger partial charge < -0.3 is 14.6 Å². The summed E-state index contributed by atoms with van der Waals surface area (Å²) in [5.41, 5.74) is 0.906. The molecule has 0 aliphatic heterocycles. The van der Waals surface area contributed by atoms with Crippen molar-refractivity contribution in [2.24, 2.45) is 0 Å². The lowest BCUT2D eigenvalue weighted by molar-refractivity contribution is -0.144. The van der Waals surface area contributed by atoms with Crippen molar-refractivity contribution in [3.05, 3.63) is 47.3 Å². The van der Waals surface area contributed by atoms with Crippen LogP contribution in [0, 0.1) is 6.92 Å². The van der Waals surface area contributed by atoms with Gasteiger partial charge in [-0.3, -0.25) is 9.59 Å². The molecule has 0 radical (unpaired) electrons. The zero-order chi connectivity index (χ0) is 20.7. The number of ether oxygens (including phenoxy) is 1. The maximum Gasteiger partial charge on any atom is 0.325 e. The molecule has 0 spiro atoms. The highest BCUT2D eigenvalue weighted by Gasteiger charge is 2.21. The third-order valence-electron chi connectivity index (χ3n) is 3.91. The van der Waals surface area contributed by atoms with E-state index in [1.807, 2.05) is 0 Å². The number of aromatic nitrogens is 1. The number of carbonyl (C=O) groups is 2. The Kier molecular flexibility index (Phi) is 7.30. The molecule has 1 aromatic carbocycles. The largest absolute Gasteiger partial charge is 0.456 e. The molecule has 1 aromatic heterocycles. The van der Waals surface area contributed by atoms with E-state index in [1.165, 1.54) is 28.6 Å². The quantitative estimate of drug-likeness (QED) is 0.623. The van der Waals surface area contributed by atoms with Gasteiger partial charge in [-0.2, -0.15) is 4.31 Å². The fraction of sp³-hybridized carbons (Fsp3) is 0.389. The number of rotatable bonds is 9. The van der Waals surface area contributed by atoms with Crippen LogP contribution in [-0.4, -0.2) is 49.4 Å². The summed E-state index contributed by atoms with van der Waals surface area (Å²) in [6.07, 6.45) is 0. The molecule has 2 rings (SSSR count). The Morgan fingerprint density at radius 3 is 2.36 bits per heavy atom. The standard InChI is InChI=1S/C18H23N3O6S/c1-4-21(5-2)28(24,25)16-8-6-14(7-9-16)18(23)19-11-17(22)26-12-15-10-13(3)20-27-15/h6-10H,4-5,11-12H2,1-3H3,(H,19,23). The number of aryl methyl sites for hydroxylation is 1. The van der Waals surface area contributed by atoms with Gasteiger partial charge in [0.15, 0.2) is 12.4 Å². The monoisotopic (exact) mass is 409 g/mol. The van der Waals surface area contributed by atoms with E-state index in [0.717, 1.165) is 0 Å². The van der Waals surface area contributed by atoms with Crippen molar-refractivity contribution in [3.8, 4) is 0 Å². The molecule has 0 fully saturated rings. The average Bonchev–Trinajstić information content (AvgIpc) is 3.10. The highest BCUT2D eigenvalue weighted by atomic mass is 32.2. The second-order valence-electron chi connectivity index (χ2n) is 5.89. The highest BCUT2D eigenvalue weighted by Crippen LogP contribution is 2.16. The smallest absolute Gasteiger partial charge is 0.325 e. The Bertz CT molecular complexity index is 917. The zero-order valence-electron chi connectivity index (χ0n) is 16.0. The first kappa shape index (κ1) is 21.6. The zero-order valence-corrected chi connectivity index (χ0v) is 16.8. The van der Waals surface area contributed by atoms with E-state index in [0.29, 0.717) is 24.5 Å². The molecular formula is C18H23N3O6S. The third-order valence-corrected chi connectivity index (χ3v) is 5.97. The number of sulfonamides is 1. The topological polar surface area (TPSA) is 119 Å². The number of hydrogen-bond acceptors (Lipinski definition) is 7. The highest BCUT2D eigenvalue weighted by molar-refractivity contribution is 7.89. The van der Waals surface area contributed by atoms with Gasteiger partial charge in [0, 0.05) is 24.7 Å². The van der Waals surface area contributed by atoms with Gasteiger partial charge in [0.05, 0.1) is 10.6 Å². The maximum absolute atomic E-state index is 12.4. The third kappa shape index (κ3) is 5.40. The van der Waals surface area contributed by atoms with Crippen LogP contribution < -0.4 is 5.32 Å². The molecule has 0 bridgehead atoms. The van der Waals surface area contributed by atoms with Crippen LogP contribution in [0.4, 0.5) is 0 Å². The second kappa shape index (κ2) is 9.47. The summed E-state index contributed by atoms with van der Waals surface area (Å²) < 4.78 is 36.1. The fourth-order valence-electron chi connectivity index (χ4n) is 2.43. The minimum Gasteiger partial charge on any atom is -0.456 e. The first-order valence-corrected chi connectivity index (χ1v) is 10.2. The molecule has 1 N–H and O–H groups in total. The van der Waals surface area contributed by atoms with Crippen molar-refractivity contribution in [1.82, 2.24) is 14.8 Å². The van der Waals surface area contributed by atoms with Gasteiger partial charge in [-0.15, -0.1) is 0 Å². The molecule has 9 nitrogen and oxygen atoms in total. The Labute approximate surface area is 163 Å². The molecule has 10 heteroatoms. The molecule has 0 atom stereocenters. The average molecular weight is 409 g/mol. The lowest BCUT2D eigenvalue weighted by Gasteiger charge is -2.18. The molecule has 0 unspecified atom stereocenters. The van der Waals surface area contributed by atoms with Crippen LogP contribution in [0.25, 0.3) is 0 Å². The Hall–Kier alpha value is -2.72. The molecule has 28 heavy (non-hydrogen) atoms. The number of amides is 1. The summed E-state index contributed by atoms with van der Waals surface area (Å²) in [5, 5.41) is 6.10. The SMILES string of the molecule is CCN(CC)S(=O)(=O)c1ccc(C(=O)NCC(=O)OCc2cc(C)no2)cc1. The summed E-state index contributed by atoms with van der Waals surface area (Å²) in [7, 11) is -3.59. The van der Waals surface area contributed by atoms with Gasteiger partial charge in [-0.25, -0.2) is 8.42 Å². The minimum atomic E-state index is -3.59. The lowest BCUT2D eigenvalue weighted by Crippen LogP contribution is -2.31. The first-order chi connectivity index (χ1) is 13.3. The Balaban J connectivity index is 1.89. The second-order valence-corrected chi connectivity index (χ2v) is 7.83. The van der Waals surface area contributed by atoms with Crippen molar-refractivity contribution < 1.29 is 27.3 Å². The maximum atomic E-state index is 12.4. The normalized spacial score (nSPS) is 11.4. The van der Waals surface area contributed by atoms with E-state index >= 15 is 0 Å². The van der Waals surface area contributed by atoms with E-state index < -0.39 is 21.9 Å². The van der Waals surface area contributed by atoms with Crippen molar-refractivity contribution in [1.29, 1.82) is 0 Å². The van der Waals surface area contributed by atoms with Gasteiger partial charge in [0.25, 0.3) is 5.91 Å². The fourth-order valence-corrected chi connectivity index (χ4v) is 3.89. The van der Waals surface area contributed by atoms with Gasteiger partial charge in [0.2, 0.25) is 10.0 Å². The van der Waals surface area contributed by atoms with Gasteiger partial charge in [-0.1, -0.05) is 19.0 Å². The van der Waals surface area contributed by atoms with Crippen molar-refractivity contribution in [2.75, 3.05) is 19.6 Å². The number of nitrogens with one attached hydrogen (secondary N) is 1. The van der Waals surface area contributed by atoms with E-state index in [2.05, 4.69) is 10.5 Å². The van der Waals surface area contributed by atoms with Crippen LogP contribution in [0.5, 0.6) is 0 Å². The van der Waals surface area contributed by atoms with Gasteiger partial charge >= 0.3 is 5.97 Å². The van der Waals surface area contributed by atoms with E-state index in [-0.39, 0.29) is 23.6 Å². The predicted molar refractivity (Wildman–Crippen MR) is 99.9 cm³/mol. The number of nitrogens with zero attached hydrogens (tertiary/aromatic N) is 2. The van der Waals surface area contributed by atoms with E-state index in [4.69, 9.17) is 9.26 Å². The minimum absolute atomic E-state index is 0.0759. The molecular weight excluding hydrogens is 386 g/mol. The lowest BCUT2D eigenvalue weighted by atomic mass is 10.2. The van der Waals surface area contributed by atoms with Crippen LogP contribution in [0.15, 0.2) is 39.8 Å². The van der Waals surface area contributed by atoms with E-state index in [9.17, 15) is 18.0 Å². The van der Waals surface area contributed by atoms with Crippen LogP contribution in [0.3, 0.4) is 0 Å². The van der Waals surface area contributed by atoms with Gasteiger partial charge in [-0.05, 0) is 31.2 Å². The molecule has 0 aliphatic rings. The molecule has 1 amide bonds. The van der Waals surface area contributed by atoms with Crippen molar-refractivity contribution in [2.45, 2.75) is 32.3 Å². The summed E-state index contributed by atoms with van der Waals surface area (Å²) >= 11 is 0. The molecule has 152 valence electrons. The summed E-state index contributed by atoms with van der Waals surface area (Å²) in [5.74, 6) is -0.746. The summed E-state index contributed by atoms with van der Waals surface area (Å²) in [6, 6.07) is 7.17. The summed E-state index contributed by atoms with van der Waals surface area (Å²) in [6.45, 7) is 5.57. The van der Waals surface area contributed by atoms with Crippen molar-refractivity contribution in [3.63, 3.8) is 0 Å². The van der Waals surface area contributed by atoms with E-state index in [1.54, 1.807) is 26.8 Å². The first-order valence-electron chi connectivity index (χ1n) is 8.74. The Morgan fingerprint density at radius 2 is 1.82 bits per heavy atom. The number of esters is 1. The number of hydrogen-bond donors (Lipinski definition) is 1.